The molecule has 38 heavy (non-hydrogen) atoms. The van der Waals surface area contributed by atoms with E-state index in [1.807, 2.05) is 30.3 Å². The van der Waals surface area contributed by atoms with E-state index in [1.165, 1.54) is 29.0 Å². The van der Waals surface area contributed by atoms with Crippen LogP contribution in [-0.4, -0.2) is 29.9 Å². The number of methoxy groups -OCH3 is 2. The van der Waals surface area contributed by atoms with Gasteiger partial charge in [-0.2, -0.15) is 0 Å². The van der Waals surface area contributed by atoms with Crippen molar-refractivity contribution in [3.63, 3.8) is 0 Å². The Morgan fingerprint density at radius 2 is 1.79 bits per heavy atom. The Hall–Kier alpha value is -4.43. The number of benzene rings is 3. The molecule has 0 bridgehead atoms. The Bertz CT molecular complexity index is 1800. The zero-order chi connectivity index (χ0) is 26.4. The number of carboxylic acid groups (broad SMARTS) is 1. The van der Waals surface area contributed by atoms with Gasteiger partial charge in [0.1, 0.15) is 0 Å². The largest absolute Gasteiger partial charge is 0.493 e. The van der Waals surface area contributed by atoms with Crippen LogP contribution in [-0.2, 0) is 6.42 Å². The first-order valence-corrected chi connectivity index (χ1v) is 13.0. The Morgan fingerprint density at radius 1 is 1.03 bits per heavy atom. The number of aromatic nitrogens is 1. The molecule has 1 unspecified atom stereocenters. The SMILES string of the molecule is COc1ccc(C2C3=C(N=c4s/c(=C\c5ccc(C(=O)O)cc5)c(=O)n42)c2ccccc2CC3)cc1OC. The number of rotatable bonds is 5. The lowest BCUT2D eigenvalue weighted by atomic mass is 9.83. The summed E-state index contributed by atoms with van der Waals surface area (Å²) in [6.45, 7) is 0. The third kappa shape index (κ3) is 3.94. The summed E-state index contributed by atoms with van der Waals surface area (Å²) in [5.74, 6) is 0.231. The van der Waals surface area contributed by atoms with Crippen molar-refractivity contribution in [3.05, 3.63) is 120 Å². The molecule has 4 aromatic rings. The minimum atomic E-state index is -0.989. The molecular weight excluding hydrogens is 500 g/mol. The monoisotopic (exact) mass is 524 g/mol. The zero-order valence-corrected chi connectivity index (χ0v) is 21.6. The number of aryl methyl sites for hydroxylation is 1. The maximum absolute atomic E-state index is 13.9. The van der Waals surface area contributed by atoms with Gasteiger partial charge in [-0.15, -0.1) is 0 Å². The number of hydrogen-bond donors (Lipinski definition) is 1. The first-order chi connectivity index (χ1) is 18.5. The first kappa shape index (κ1) is 23.9. The van der Waals surface area contributed by atoms with E-state index < -0.39 is 5.97 Å². The van der Waals surface area contributed by atoms with E-state index in [0.29, 0.717) is 20.8 Å². The molecule has 0 saturated carbocycles. The summed E-state index contributed by atoms with van der Waals surface area (Å²) in [6.07, 6.45) is 3.45. The maximum atomic E-state index is 13.9. The summed E-state index contributed by atoms with van der Waals surface area (Å²) in [5.41, 5.74) is 6.09. The van der Waals surface area contributed by atoms with Gasteiger partial charge in [0.2, 0.25) is 0 Å². The second kappa shape index (κ2) is 9.46. The fourth-order valence-electron chi connectivity index (χ4n) is 5.22. The van der Waals surface area contributed by atoms with Crippen LogP contribution in [0.15, 0.2) is 82.1 Å². The number of nitrogens with zero attached hydrogens (tertiary/aromatic N) is 2. The number of carbonyl (C=O) groups is 1. The van der Waals surface area contributed by atoms with Crippen molar-refractivity contribution in [2.45, 2.75) is 18.9 Å². The lowest BCUT2D eigenvalue weighted by Gasteiger charge is -2.31. The summed E-state index contributed by atoms with van der Waals surface area (Å²) >= 11 is 1.34. The van der Waals surface area contributed by atoms with Crippen molar-refractivity contribution in [2.24, 2.45) is 4.99 Å². The average molecular weight is 525 g/mol. The third-order valence-electron chi connectivity index (χ3n) is 7.05. The molecule has 0 saturated heterocycles. The highest BCUT2D eigenvalue weighted by molar-refractivity contribution is 7.07. The molecule has 2 aliphatic rings. The van der Waals surface area contributed by atoms with Crippen molar-refractivity contribution in [1.29, 1.82) is 0 Å². The highest BCUT2D eigenvalue weighted by atomic mass is 32.1. The van der Waals surface area contributed by atoms with Gasteiger partial charge in [0.05, 0.1) is 36.1 Å². The van der Waals surface area contributed by atoms with E-state index in [0.717, 1.165) is 40.8 Å². The molecule has 1 aromatic heterocycles. The van der Waals surface area contributed by atoms with E-state index in [-0.39, 0.29) is 17.2 Å². The average Bonchev–Trinajstić information content (AvgIpc) is 3.25. The summed E-state index contributed by atoms with van der Waals surface area (Å²) < 4.78 is 13.4. The maximum Gasteiger partial charge on any atom is 0.335 e. The van der Waals surface area contributed by atoms with Crippen molar-refractivity contribution in [2.75, 3.05) is 14.2 Å². The number of carboxylic acids is 1. The molecule has 0 fully saturated rings. The molecule has 2 heterocycles. The highest BCUT2D eigenvalue weighted by Crippen LogP contribution is 2.42. The number of thiazole rings is 1. The summed E-state index contributed by atoms with van der Waals surface area (Å²) in [7, 11) is 3.20. The van der Waals surface area contributed by atoms with Gasteiger partial charge < -0.3 is 14.6 Å². The summed E-state index contributed by atoms with van der Waals surface area (Å²) in [4.78, 5) is 30.8. The zero-order valence-electron chi connectivity index (χ0n) is 20.8. The number of hydrogen-bond acceptors (Lipinski definition) is 6. The first-order valence-electron chi connectivity index (χ1n) is 12.2. The Balaban J connectivity index is 1.58. The molecule has 190 valence electrons. The van der Waals surface area contributed by atoms with Gasteiger partial charge in [-0.05, 0) is 65.4 Å². The van der Waals surface area contributed by atoms with Crippen LogP contribution in [0.5, 0.6) is 11.5 Å². The predicted octanol–water partition coefficient (Wildman–Crippen LogP) is 4.03. The van der Waals surface area contributed by atoms with Gasteiger partial charge in [0, 0.05) is 5.56 Å². The molecule has 1 atom stereocenters. The van der Waals surface area contributed by atoms with E-state index in [4.69, 9.17) is 14.5 Å². The van der Waals surface area contributed by atoms with Crippen LogP contribution in [0.3, 0.4) is 0 Å². The molecule has 7 nitrogen and oxygen atoms in total. The standard InChI is InChI=1S/C30H24N2O5S/c1-36-23-14-12-20(16-24(23)37-2)27-22-13-11-18-5-3-4-6-21(18)26(22)31-30-32(27)28(33)25(38-30)15-17-7-9-19(10-8-17)29(34)35/h3-10,12,14-16,27H,11,13H2,1-2H3,(H,34,35)/b25-15-. The highest BCUT2D eigenvalue weighted by Gasteiger charge is 2.33. The van der Waals surface area contributed by atoms with Crippen molar-refractivity contribution < 1.29 is 19.4 Å². The van der Waals surface area contributed by atoms with Gasteiger partial charge in [-0.25, -0.2) is 9.79 Å². The molecule has 0 spiro atoms. The van der Waals surface area contributed by atoms with Gasteiger partial charge in [0.15, 0.2) is 16.3 Å². The lowest BCUT2D eigenvalue weighted by molar-refractivity contribution is 0.0697. The molecule has 1 aliphatic carbocycles. The molecule has 0 radical (unpaired) electrons. The van der Waals surface area contributed by atoms with Crippen LogP contribution in [0.2, 0.25) is 0 Å². The quantitative estimate of drug-likeness (QED) is 0.426. The van der Waals surface area contributed by atoms with Crippen LogP contribution in [0.25, 0.3) is 11.8 Å². The second-order valence-electron chi connectivity index (χ2n) is 9.16. The fourth-order valence-corrected chi connectivity index (χ4v) is 6.22. The molecule has 8 heteroatoms. The Labute approximate surface area is 222 Å². The van der Waals surface area contributed by atoms with Crippen LogP contribution in [0.1, 0.15) is 45.1 Å². The molecule has 1 N–H and O–H groups in total. The van der Waals surface area contributed by atoms with Gasteiger partial charge in [-0.3, -0.25) is 9.36 Å². The number of aromatic carboxylic acids is 1. The van der Waals surface area contributed by atoms with Crippen LogP contribution in [0.4, 0.5) is 0 Å². The summed E-state index contributed by atoms with van der Waals surface area (Å²) in [5, 5.41) is 9.20. The number of ether oxygens (including phenoxy) is 2. The third-order valence-corrected chi connectivity index (χ3v) is 8.03. The normalized spacial score (nSPS) is 16.3. The second-order valence-corrected chi connectivity index (χ2v) is 10.2. The van der Waals surface area contributed by atoms with E-state index in [1.54, 1.807) is 37.0 Å². The Kier molecular flexibility index (Phi) is 5.96. The minimum absolute atomic E-state index is 0.138. The topological polar surface area (TPSA) is 90.1 Å². The molecule has 0 amide bonds. The van der Waals surface area contributed by atoms with Crippen molar-refractivity contribution >= 4 is 29.1 Å². The van der Waals surface area contributed by atoms with Crippen LogP contribution >= 0.6 is 11.3 Å². The van der Waals surface area contributed by atoms with Crippen LogP contribution in [0, 0.1) is 0 Å². The van der Waals surface area contributed by atoms with Crippen LogP contribution < -0.4 is 24.4 Å². The van der Waals surface area contributed by atoms with Crippen molar-refractivity contribution in [1.82, 2.24) is 4.57 Å². The number of fused-ring (bicyclic) bond motifs is 3. The minimum Gasteiger partial charge on any atom is -0.493 e. The van der Waals surface area contributed by atoms with Gasteiger partial charge >= 0.3 is 5.97 Å². The molecule has 6 rings (SSSR count). The molecular formula is C30H24N2O5S. The van der Waals surface area contributed by atoms with Gasteiger partial charge in [-0.1, -0.05) is 53.8 Å². The predicted molar refractivity (Wildman–Crippen MR) is 146 cm³/mol. The lowest BCUT2D eigenvalue weighted by Crippen LogP contribution is -2.38. The van der Waals surface area contributed by atoms with E-state index in [9.17, 15) is 14.7 Å². The van der Waals surface area contributed by atoms with E-state index >= 15 is 0 Å². The summed E-state index contributed by atoms with van der Waals surface area (Å²) in [6, 6.07) is 20.2. The van der Waals surface area contributed by atoms with Gasteiger partial charge in [0.25, 0.3) is 5.56 Å². The van der Waals surface area contributed by atoms with E-state index in [2.05, 4.69) is 12.1 Å². The smallest absolute Gasteiger partial charge is 0.335 e. The van der Waals surface area contributed by atoms with Crippen molar-refractivity contribution in [3.8, 4) is 11.5 Å². The Morgan fingerprint density at radius 3 is 2.53 bits per heavy atom. The molecule has 1 aliphatic heterocycles. The fraction of sp³-hybridized carbons (Fsp3) is 0.167. The number of allylic oxidation sites excluding steroid dienone is 1. The molecule has 3 aromatic carbocycles.